The van der Waals surface area contributed by atoms with Crippen LogP contribution in [0.15, 0.2) is 0 Å². The summed E-state index contributed by atoms with van der Waals surface area (Å²) in [5.41, 5.74) is 0. The van der Waals surface area contributed by atoms with E-state index in [1.807, 2.05) is 0 Å². The Bertz CT molecular complexity index is 75.4. The molecular formula is C7H16O3. The van der Waals surface area contributed by atoms with Crippen LogP contribution in [0.25, 0.3) is 0 Å². The van der Waals surface area contributed by atoms with Gasteiger partial charge < -0.3 is 14.9 Å². The Hall–Kier alpha value is -0.120. The van der Waals surface area contributed by atoms with Crippen molar-refractivity contribution in [2.24, 2.45) is 0 Å². The van der Waals surface area contributed by atoms with Crippen LogP contribution in [0.2, 0.25) is 0 Å². The molecule has 2 N–H and O–H groups in total. The molecule has 62 valence electrons. The number of ether oxygens (including phenoxy) is 1. The minimum atomic E-state index is -1.03. The van der Waals surface area contributed by atoms with Gasteiger partial charge in [-0.25, -0.2) is 0 Å². The molecule has 0 aliphatic carbocycles. The van der Waals surface area contributed by atoms with Crippen LogP contribution in [0.4, 0.5) is 0 Å². The normalized spacial score (nSPS) is 12.0. The molecule has 0 rings (SSSR count). The van der Waals surface area contributed by atoms with Gasteiger partial charge in [-0.1, -0.05) is 0 Å². The lowest BCUT2D eigenvalue weighted by Crippen LogP contribution is -2.23. The van der Waals surface area contributed by atoms with E-state index in [1.54, 1.807) is 13.8 Å². The Morgan fingerprint density at radius 3 is 2.30 bits per heavy atom. The molecule has 0 saturated heterocycles. The molecule has 0 spiro atoms. The van der Waals surface area contributed by atoms with E-state index in [0.717, 1.165) is 12.8 Å². The fraction of sp³-hybridized carbons (Fsp3) is 1.00. The average Bonchev–Trinajstić information content (AvgIpc) is 1.78. The molecule has 10 heavy (non-hydrogen) atoms. The maximum absolute atomic E-state index is 9.03. The van der Waals surface area contributed by atoms with Crippen LogP contribution in [-0.4, -0.2) is 29.2 Å². The molecule has 0 aromatic rings. The second-order valence-electron chi connectivity index (χ2n) is 2.73. The molecule has 0 saturated carbocycles. The van der Waals surface area contributed by atoms with Gasteiger partial charge in [0.2, 0.25) is 0 Å². The minimum Gasteiger partial charge on any atom is -0.396 e. The Morgan fingerprint density at radius 1 is 1.30 bits per heavy atom. The standard InChI is InChI=1S/C7H16O3/c1-7(2,9)10-6-4-3-5-8/h8-9H,3-6H2,1-2H3. The number of aliphatic hydroxyl groups excluding tert-OH is 1. The predicted molar refractivity (Wildman–Crippen MR) is 38.6 cm³/mol. The van der Waals surface area contributed by atoms with Crippen molar-refractivity contribution in [3.63, 3.8) is 0 Å². The van der Waals surface area contributed by atoms with Gasteiger partial charge in [-0.05, 0) is 26.7 Å². The van der Waals surface area contributed by atoms with Gasteiger partial charge in [-0.15, -0.1) is 0 Å². The second-order valence-corrected chi connectivity index (χ2v) is 2.73. The molecule has 0 heterocycles. The highest BCUT2D eigenvalue weighted by Crippen LogP contribution is 2.03. The van der Waals surface area contributed by atoms with Crippen molar-refractivity contribution in [3.8, 4) is 0 Å². The molecule has 0 bridgehead atoms. The van der Waals surface area contributed by atoms with Crippen molar-refractivity contribution < 1.29 is 14.9 Å². The largest absolute Gasteiger partial charge is 0.396 e. The van der Waals surface area contributed by atoms with Crippen molar-refractivity contribution in [1.82, 2.24) is 0 Å². The van der Waals surface area contributed by atoms with Crippen LogP contribution in [-0.2, 0) is 4.74 Å². The molecule has 3 nitrogen and oxygen atoms in total. The Balaban J connectivity index is 3.04. The van der Waals surface area contributed by atoms with Gasteiger partial charge in [0.15, 0.2) is 5.79 Å². The third-order valence-electron chi connectivity index (χ3n) is 1.01. The van der Waals surface area contributed by atoms with Crippen molar-refractivity contribution in [3.05, 3.63) is 0 Å². The first-order chi connectivity index (χ1) is 4.56. The van der Waals surface area contributed by atoms with Crippen LogP contribution >= 0.6 is 0 Å². The van der Waals surface area contributed by atoms with Gasteiger partial charge in [-0.2, -0.15) is 0 Å². The van der Waals surface area contributed by atoms with Crippen LogP contribution in [0, 0.1) is 0 Å². The first kappa shape index (κ1) is 9.88. The van der Waals surface area contributed by atoms with Crippen LogP contribution in [0.5, 0.6) is 0 Å². The lowest BCUT2D eigenvalue weighted by Gasteiger charge is -2.17. The lowest BCUT2D eigenvalue weighted by atomic mass is 10.3. The summed E-state index contributed by atoms with van der Waals surface area (Å²) in [5.74, 6) is -1.03. The van der Waals surface area contributed by atoms with Crippen molar-refractivity contribution in [2.75, 3.05) is 13.2 Å². The number of unbranched alkanes of at least 4 members (excludes halogenated alkanes) is 1. The van der Waals surface area contributed by atoms with E-state index >= 15 is 0 Å². The highest BCUT2D eigenvalue weighted by atomic mass is 16.6. The molecule has 0 atom stereocenters. The van der Waals surface area contributed by atoms with Crippen LogP contribution < -0.4 is 0 Å². The zero-order valence-electron chi connectivity index (χ0n) is 6.63. The Kier molecular flexibility index (Phi) is 4.60. The number of hydrogen-bond acceptors (Lipinski definition) is 3. The summed E-state index contributed by atoms with van der Waals surface area (Å²) in [4.78, 5) is 0. The van der Waals surface area contributed by atoms with Gasteiger partial charge in [0.25, 0.3) is 0 Å². The zero-order chi connectivity index (χ0) is 8.04. The summed E-state index contributed by atoms with van der Waals surface area (Å²) in [6.45, 7) is 3.87. The molecule has 0 amide bonds. The summed E-state index contributed by atoms with van der Waals surface area (Å²) in [5, 5.41) is 17.4. The van der Waals surface area contributed by atoms with E-state index < -0.39 is 5.79 Å². The lowest BCUT2D eigenvalue weighted by molar-refractivity contribution is -0.176. The first-order valence-corrected chi connectivity index (χ1v) is 3.53. The molecule has 0 aromatic heterocycles. The number of aliphatic hydroxyl groups is 2. The smallest absolute Gasteiger partial charge is 0.159 e. The summed E-state index contributed by atoms with van der Waals surface area (Å²) in [7, 11) is 0. The fourth-order valence-electron chi connectivity index (χ4n) is 0.536. The van der Waals surface area contributed by atoms with Gasteiger partial charge >= 0.3 is 0 Å². The number of rotatable bonds is 5. The average molecular weight is 148 g/mol. The second kappa shape index (κ2) is 4.66. The summed E-state index contributed by atoms with van der Waals surface area (Å²) < 4.78 is 4.98. The molecule has 0 aromatic carbocycles. The van der Waals surface area contributed by atoms with Crippen molar-refractivity contribution >= 4 is 0 Å². The van der Waals surface area contributed by atoms with Crippen molar-refractivity contribution in [1.29, 1.82) is 0 Å². The Morgan fingerprint density at radius 2 is 1.90 bits per heavy atom. The maximum atomic E-state index is 9.03. The highest BCUT2D eigenvalue weighted by molar-refractivity contribution is 4.47. The van der Waals surface area contributed by atoms with E-state index in [0.29, 0.717) is 6.61 Å². The monoisotopic (exact) mass is 148 g/mol. The van der Waals surface area contributed by atoms with Gasteiger partial charge in [0.1, 0.15) is 0 Å². The molecule has 0 fully saturated rings. The molecular weight excluding hydrogens is 132 g/mol. The van der Waals surface area contributed by atoms with E-state index in [2.05, 4.69) is 0 Å². The maximum Gasteiger partial charge on any atom is 0.159 e. The number of hydrogen-bond donors (Lipinski definition) is 2. The Labute approximate surface area is 61.6 Å². The predicted octanol–water partition coefficient (Wildman–Crippen LogP) is 0.504. The topological polar surface area (TPSA) is 49.7 Å². The third kappa shape index (κ3) is 7.88. The third-order valence-corrected chi connectivity index (χ3v) is 1.01. The summed E-state index contributed by atoms with van der Waals surface area (Å²) in [6, 6.07) is 0. The molecule has 0 aliphatic heterocycles. The van der Waals surface area contributed by atoms with Crippen LogP contribution in [0.1, 0.15) is 26.7 Å². The molecule has 3 heteroatoms. The van der Waals surface area contributed by atoms with E-state index in [-0.39, 0.29) is 6.61 Å². The van der Waals surface area contributed by atoms with E-state index in [9.17, 15) is 0 Å². The van der Waals surface area contributed by atoms with E-state index in [4.69, 9.17) is 14.9 Å². The SMILES string of the molecule is CC(C)(O)OCCCCO. The summed E-state index contributed by atoms with van der Waals surface area (Å²) in [6.07, 6.45) is 1.52. The van der Waals surface area contributed by atoms with Gasteiger partial charge in [-0.3, -0.25) is 0 Å². The van der Waals surface area contributed by atoms with E-state index in [1.165, 1.54) is 0 Å². The van der Waals surface area contributed by atoms with Gasteiger partial charge in [0.05, 0.1) is 6.61 Å². The first-order valence-electron chi connectivity index (χ1n) is 3.53. The van der Waals surface area contributed by atoms with Crippen LogP contribution in [0.3, 0.4) is 0 Å². The quantitative estimate of drug-likeness (QED) is 0.441. The minimum absolute atomic E-state index is 0.190. The van der Waals surface area contributed by atoms with Crippen molar-refractivity contribution in [2.45, 2.75) is 32.5 Å². The highest BCUT2D eigenvalue weighted by Gasteiger charge is 2.10. The summed E-state index contributed by atoms with van der Waals surface area (Å²) >= 11 is 0. The zero-order valence-corrected chi connectivity index (χ0v) is 6.63. The molecule has 0 unspecified atom stereocenters. The molecule has 0 radical (unpaired) electrons. The fourth-order valence-corrected chi connectivity index (χ4v) is 0.536. The molecule has 0 aliphatic rings. The van der Waals surface area contributed by atoms with Gasteiger partial charge in [0, 0.05) is 6.61 Å².